The smallest absolute Gasteiger partial charge is 0.0542 e. The molecule has 1 aromatic carbocycles. The minimum absolute atomic E-state index is 0.820. The van der Waals surface area contributed by atoms with Crippen molar-refractivity contribution in [2.24, 2.45) is 23.7 Å². The van der Waals surface area contributed by atoms with Gasteiger partial charge in [-0.05, 0) is 85.8 Å². The van der Waals surface area contributed by atoms with Gasteiger partial charge in [0.05, 0.1) is 18.8 Å². The van der Waals surface area contributed by atoms with Gasteiger partial charge in [0.2, 0.25) is 0 Å². The molecule has 0 saturated heterocycles. The second-order valence-corrected chi connectivity index (χ2v) is 21.6. The summed E-state index contributed by atoms with van der Waals surface area (Å²) in [6, 6.07) is 19.3. The Morgan fingerprint density at radius 2 is 0.854 bits per heavy atom. The monoisotopic (exact) mass is 746 g/mol. The molecule has 6 heterocycles. The van der Waals surface area contributed by atoms with Crippen LogP contribution in [0, 0.1) is 23.7 Å². The van der Waals surface area contributed by atoms with Crippen molar-refractivity contribution in [1.29, 1.82) is 0 Å². The highest BCUT2D eigenvalue weighted by Gasteiger charge is 2.19. The zero-order valence-corrected chi connectivity index (χ0v) is 34.3. The zero-order valence-electron chi connectivity index (χ0n) is 29.4. The van der Waals surface area contributed by atoms with E-state index in [0.29, 0.717) is 0 Å². The molecule has 0 radical (unpaired) electrons. The molecule has 0 aliphatic rings. The van der Waals surface area contributed by atoms with Crippen LogP contribution in [0.4, 0.5) is 0 Å². The largest absolute Gasteiger partial charge is 0.139 e. The average Bonchev–Trinajstić information content (AvgIpc) is 3.88. The van der Waals surface area contributed by atoms with E-state index in [1.165, 1.54) is 123 Å². The van der Waals surface area contributed by atoms with Crippen LogP contribution in [0.25, 0.3) is 58.5 Å². The first-order chi connectivity index (χ1) is 23.2. The van der Waals surface area contributed by atoms with Gasteiger partial charge in [-0.1, -0.05) is 92.2 Å². The van der Waals surface area contributed by atoms with Crippen molar-refractivity contribution in [1.82, 2.24) is 0 Å². The van der Waals surface area contributed by atoms with Crippen LogP contribution in [-0.4, -0.2) is 0 Å². The molecule has 0 bridgehead atoms. The summed E-state index contributed by atoms with van der Waals surface area (Å²) in [5.41, 5.74) is 0. The summed E-state index contributed by atoms with van der Waals surface area (Å²) in [6.45, 7) is 14.2. The third kappa shape index (κ3) is 7.85. The van der Waals surface area contributed by atoms with Crippen molar-refractivity contribution < 1.29 is 0 Å². The normalized spacial score (nSPS) is 13.8. The third-order valence-corrected chi connectivity index (χ3v) is 17.7. The van der Waals surface area contributed by atoms with Crippen LogP contribution >= 0.6 is 68.0 Å². The third-order valence-electron chi connectivity index (χ3n) is 9.95. The van der Waals surface area contributed by atoms with E-state index in [1.54, 1.807) is 9.75 Å². The number of aryl methyl sites for hydroxylation is 2. The molecule has 7 rings (SSSR count). The lowest BCUT2D eigenvalue weighted by atomic mass is 9.96. The minimum atomic E-state index is 0.820. The van der Waals surface area contributed by atoms with E-state index >= 15 is 0 Å². The quantitative estimate of drug-likeness (QED) is 0.0924. The molecule has 0 aliphatic carbocycles. The van der Waals surface area contributed by atoms with E-state index in [9.17, 15) is 0 Å². The molecule has 6 heteroatoms. The lowest BCUT2D eigenvalue weighted by Crippen LogP contribution is -1.98. The number of fused-ring (bicyclic) bond motifs is 7. The molecular weight excluding hydrogens is 697 g/mol. The van der Waals surface area contributed by atoms with Crippen molar-refractivity contribution in [2.75, 3.05) is 0 Å². The Hall–Kier alpha value is -1.54. The SMILES string of the molecule is CC(C)CCCC(C)CCc1ccc(-c2cc3sc4c(ccc5c6sc(-c7ccc(CC[C@H](C)CCCC(C)C)s7)cc6sc54)c3s2)s1. The topological polar surface area (TPSA) is 0 Å². The standard InChI is InChI=1S/C42H50S6/c1-25(2)9-7-11-27(5)13-15-29-17-21-33(43-29)35-23-37-39(45-35)31-19-20-32-40-38(48-42(32)41(31)47-37)24-36(46-40)34-22-18-30(44-34)16-14-28(6)12-8-10-26(3)4/h17-28H,7-16H2,1-6H3/t27-,28?/m1/s1. The van der Waals surface area contributed by atoms with Gasteiger partial charge in [0.15, 0.2) is 0 Å². The summed E-state index contributed by atoms with van der Waals surface area (Å²) in [6.07, 6.45) is 13.3. The fourth-order valence-electron chi connectivity index (χ4n) is 6.97. The molecule has 7 aromatic rings. The van der Waals surface area contributed by atoms with Crippen LogP contribution in [-0.2, 0) is 12.8 Å². The minimum Gasteiger partial charge on any atom is -0.139 e. The number of hydrogen-bond donors (Lipinski definition) is 0. The van der Waals surface area contributed by atoms with Crippen molar-refractivity contribution in [2.45, 2.75) is 106 Å². The van der Waals surface area contributed by atoms with Gasteiger partial charge in [-0.15, -0.1) is 68.0 Å². The molecule has 254 valence electrons. The highest BCUT2D eigenvalue weighted by Crippen LogP contribution is 2.51. The lowest BCUT2D eigenvalue weighted by Gasteiger charge is -2.11. The number of benzene rings is 1. The van der Waals surface area contributed by atoms with Gasteiger partial charge in [0.25, 0.3) is 0 Å². The zero-order chi connectivity index (χ0) is 33.4. The Bertz CT molecular complexity index is 1950. The number of rotatable bonds is 16. The Labute approximate surface area is 311 Å². The highest BCUT2D eigenvalue weighted by atomic mass is 32.1. The van der Waals surface area contributed by atoms with Crippen molar-refractivity contribution in [3.05, 3.63) is 58.3 Å². The van der Waals surface area contributed by atoms with Crippen LogP contribution in [0.1, 0.15) is 103 Å². The van der Waals surface area contributed by atoms with Crippen LogP contribution in [0.2, 0.25) is 0 Å². The molecule has 0 amide bonds. The fraction of sp³-hybridized carbons (Fsp3) is 0.476. The molecule has 2 atom stereocenters. The fourth-order valence-corrected chi connectivity index (χ4v) is 14.5. The maximum absolute atomic E-state index is 2.47. The van der Waals surface area contributed by atoms with Crippen LogP contribution < -0.4 is 0 Å². The molecule has 0 nitrogen and oxygen atoms in total. The van der Waals surface area contributed by atoms with Crippen LogP contribution in [0.5, 0.6) is 0 Å². The predicted octanol–water partition coefficient (Wildman–Crippen LogP) is 16.8. The summed E-state index contributed by atoms with van der Waals surface area (Å²) in [4.78, 5) is 8.85. The molecule has 6 aromatic heterocycles. The van der Waals surface area contributed by atoms with Gasteiger partial charge in [-0.3, -0.25) is 0 Å². The first-order valence-corrected chi connectivity index (χ1v) is 23.1. The van der Waals surface area contributed by atoms with Crippen molar-refractivity contribution in [3.63, 3.8) is 0 Å². The Morgan fingerprint density at radius 1 is 0.417 bits per heavy atom. The second kappa shape index (κ2) is 15.4. The molecular formula is C42H50S6. The summed E-state index contributed by atoms with van der Waals surface area (Å²) in [5, 5.41) is 2.89. The van der Waals surface area contributed by atoms with Crippen molar-refractivity contribution >= 4 is 107 Å². The maximum Gasteiger partial charge on any atom is 0.0542 e. The summed E-state index contributed by atoms with van der Waals surface area (Å²) in [7, 11) is 0. The molecule has 0 fully saturated rings. The Kier molecular flexibility index (Phi) is 11.2. The van der Waals surface area contributed by atoms with E-state index < -0.39 is 0 Å². The first kappa shape index (κ1) is 34.9. The van der Waals surface area contributed by atoms with E-state index in [0.717, 1.165) is 23.7 Å². The number of thiophene rings is 6. The van der Waals surface area contributed by atoms with Gasteiger partial charge in [0, 0.05) is 49.4 Å². The van der Waals surface area contributed by atoms with Gasteiger partial charge in [-0.2, -0.15) is 0 Å². The van der Waals surface area contributed by atoms with E-state index in [1.807, 2.05) is 68.0 Å². The maximum atomic E-state index is 2.47. The molecule has 0 spiro atoms. The molecule has 1 unspecified atom stereocenters. The Morgan fingerprint density at radius 3 is 1.27 bits per heavy atom. The van der Waals surface area contributed by atoms with Crippen LogP contribution in [0.3, 0.4) is 0 Å². The highest BCUT2D eigenvalue weighted by molar-refractivity contribution is 7.40. The molecule has 0 N–H and O–H groups in total. The molecule has 0 aliphatic heterocycles. The summed E-state index contributed by atoms with van der Waals surface area (Å²) in [5.74, 6) is 3.30. The number of hydrogen-bond acceptors (Lipinski definition) is 6. The lowest BCUT2D eigenvalue weighted by molar-refractivity contribution is 0.437. The van der Waals surface area contributed by atoms with Gasteiger partial charge in [-0.25, -0.2) is 0 Å². The Balaban J connectivity index is 1.03. The van der Waals surface area contributed by atoms with Gasteiger partial charge in [0.1, 0.15) is 0 Å². The van der Waals surface area contributed by atoms with E-state index in [2.05, 4.69) is 90.1 Å². The summed E-state index contributed by atoms with van der Waals surface area (Å²) < 4.78 is 8.80. The predicted molar refractivity (Wildman–Crippen MR) is 227 cm³/mol. The van der Waals surface area contributed by atoms with Gasteiger partial charge >= 0.3 is 0 Å². The van der Waals surface area contributed by atoms with E-state index in [4.69, 9.17) is 0 Å². The first-order valence-electron chi connectivity index (χ1n) is 18.2. The average molecular weight is 747 g/mol. The van der Waals surface area contributed by atoms with Crippen molar-refractivity contribution in [3.8, 4) is 19.5 Å². The van der Waals surface area contributed by atoms with Crippen LogP contribution in [0.15, 0.2) is 48.5 Å². The van der Waals surface area contributed by atoms with E-state index in [-0.39, 0.29) is 0 Å². The molecule has 48 heavy (non-hydrogen) atoms. The summed E-state index contributed by atoms with van der Waals surface area (Å²) >= 11 is 12.0. The second-order valence-electron chi connectivity index (χ2n) is 15.1. The molecule has 0 saturated carbocycles. The van der Waals surface area contributed by atoms with Gasteiger partial charge < -0.3 is 0 Å².